The number of aryl methyl sites for hydroxylation is 2. The Morgan fingerprint density at radius 2 is 1.65 bits per heavy atom. The minimum atomic E-state index is 0.676. The van der Waals surface area contributed by atoms with Gasteiger partial charge in [-0.2, -0.15) is 0 Å². The van der Waals surface area contributed by atoms with E-state index in [9.17, 15) is 0 Å². The summed E-state index contributed by atoms with van der Waals surface area (Å²) in [7, 11) is 2.02. The average molecular weight is 309 g/mol. The van der Waals surface area contributed by atoms with Crippen LogP contribution in [0.4, 0.5) is 0 Å². The van der Waals surface area contributed by atoms with E-state index in [2.05, 4.69) is 44.2 Å². The maximum absolute atomic E-state index is 4.72. The van der Waals surface area contributed by atoms with Gasteiger partial charge in [0.25, 0.3) is 0 Å². The third-order valence-electron chi connectivity index (χ3n) is 3.63. The Morgan fingerprint density at radius 3 is 2.26 bits per heavy atom. The summed E-state index contributed by atoms with van der Waals surface area (Å²) < 4.78 is 4.72. The Balaban J connectivity index is 1.65. The first-order valence-electron chi connectivity index (χ1n) is 7.46. The molecule has 0 saturated heterocycles. The molecule has 0 radical (unpaired) electrons. The first kappa shape index (κ1) is 15.3. The summed E-state index contributed by atoms with van der Waals surface area (Å²) in [5.41, 5.74) is 4.98. The maximum atomic E-state index is 4.72. The fourth-order valence-corrected chi connectivity index (χ4v) is 2.30. The van der Waals surface area contributed by atoms with E-state index in [4.69, 9.17) is 4.63 Å². The highest BCUT2D eigenvalue weighted by Crippen LogP contribution is 2.15. The van der Waals surface area contributed by atoms with Gasteiger partial charge < -0.3 is 0 Å². The van der Waals surface area contributed by atoms with Gasteiger partial charge in [0, 0.05) is 36.6 Å². The van der Waals surface area contributed by atoms with Crippen LogP contribution in [-0.2, 0) is 13.1 Å². The molecule has 0 amide bonds. The summed E-state index contributed by atoms with van der Waals surface area (Å²) in [6, 6.07) is 8.21. The van der Waals surface area contributed by atoms with Crippen molar-refractivity contribution in [2.45, 2.75) is 26.9 Å². The Morgan fingerprint density at radius 1 is 0.957 bits per heavy atom. The quantitative estimate of drug-likeness (QED) is 0.722. The standard InChI is InChI=1S/C17H19N5O/c1-12-4-6-15(7-5-12)17-18-8-14(9-19-17)10-22(3)11-16-13(2)20-23-21-16/h4-9H,10-11H2,1-3H3. The molecule has 1 aromatic carbocycles. The summed E-state index contributed by atoms with van der Waals surface area (Å²) in [5, 5.41) is 7.69. The summed E-state index contributed by atoms with van der Waals surface area (Å²) in [5.74, 6) is 0.743. The van der Waals surface area contributed by atoms with Crippen LogP contribution < -0.4 is 0 Å². The molecule has 0 spiro atoms. The molecule has 0 saturated carbocycles. The molecule has 6 nitrogen and oxygen atoms in total. The summed E-state index contributed by atoms with van der Waals surface area (Å²) in [6.07, 6.45) is 3.74. The van der Waals surface area contributed by atoms with Crippen LogP contribution in [0.15, 0.2) is 41.3 Å². The largest absolute Gasteiger partial charge is 0.296 e. The highest BCUT2D eigenvalue weighted by molar-refractivity contribution is 5.54. The van der Waals surface area contributed by atoms with Crippen LogP contribution in [0.1, 0.15) is 22.5 Å². The molecule has 0 N–H and O–H groups in total. The van der Waals surface area contributed by atoms with E-state index in [0.29, 0.717) is 6.54 Å². The highest BCUT2D eigenvalue weighted by atomic mass is 16.6. The van der Waals surface area contributed by atoms with Crippen molar-refractivity contribution in [3.8, 4) is 11.4 Å². The van der Waals surface area contributed by atoms with Crippen LogP contribution in [0.25, 0.3) is 11.4 Å². The van der Waals surface area contributed by atoms with E-state index in [1.165, 1.54) is 5.56 Å². The van der Waals surface area contributed by atoms with E-state index < -0.39 is 0 Å². The number of hydrogen-bond donors (Lipinski definition) is 0. The molecular weight excluding hydrogens is 290 g/mol. The third kappa shape index (κ3) is 3.78. The summed E-state index contributed by atoms with van der Waals surface area (Å²) in [4.78, 5) is 11.0. The van der Waals surface area contributed by atoms with Gasteiger partial charge in [0.05, 0.1) is 0 Å². The molecule has 2 heterocycles. The second kappa shape index (κ2) is 6.66. The molecule has 2 aromatic heterocycles. The fourth-order valence-electron chi connectivity index (χ4n) is 2.30. The molecule has 0 atom stereocenters. The first-order valence-corrected chi connectivity index (χ1v) is 7.46. The minimum Gasteiger partial charge on any atom is -0.296 e. The number of hydrogen-bond acceptors (Lipinski definition) is 6. The molecule has 6 heteroatoms. The van der Waals surface area contributed by atoms with Gasteiger partial charge in [0.1, 0.15) is 11.4 Å². The lowest BCUT2D eigenvalue weighted by Gasteiger charge is -2.14. The van der Waals surface area contributed by atoms with Gasteiger partial charge in [-0.3, -0.25) is 4.90 Å². The third-order valence-corrected chi connectivity index (χ3v) is 3.63. The van der Waals surface area contributed by atoms with Crippen molar-refractivity contribution in [2.75, 3.05) is 7.05 Å². The van der Waals surface area contributed by atoms with E-state index in [0.717, 1.165) is 34.9 Å². The Hall–Kier alpha value is -2.60. The summed E-state index contributed by atoms with van der Waals surface area (Å²) >= 11 is 0. The predicted octanol–water partition coefficient (Wildman–Crippen LogP) is 2.78. The van der Waals surface area contributed by atoms with E-state index >= 15 is 0 Å². The zero-order valence-corrected chi connectivity index (χ0v) is 13.5. The maximum Gasteiger partial charge on any atom is 0.159 e. The van der Waals surface area contributed by atoms with Gasteiger partial charge >= 0.3 is 0 Å². The zero-order chi connectivity index (χ0) is 16.2. The second-order valence-electron chi connectivity index (χ2n) is 5.75. The normalized spacial score (nSPS) is 11.1. The van der Waals surface area contributed by atoms with Crippen molar-refractivity contribution in [3.05, 3.63) is 59.2 Å². The monoisotopic (exact) mass is 309 g/mol. The fraction of sp³-hybridized carbons (Fsp3) is 0.294. The number of rotatable bonds is 5. The van der Waals surface area contributed by atoms with E-state index in [1.807, 2.05) is 38.5 Å². The SMILES string of the molecule is Cc1ccc(-c2ncc(CN(C)Cc3nonc3C)cn2)cc1. The highest BCUT2D eigenvalue weighted by Gasteiger charge is 2.09. The molecule has 3 rings (SSSR count). The van der Waals surface area contributed by atoms with Gasteiger partial charge in [-0.1, -0.05) is 40.1 Å². The predicted molar refractivity (Wildman–Crippen MR) is 86.4 cm³/mol. The molecule has 0 bridgehead atoms. The van der Waals surface area contributed by atoms with E-state index in [-0.39, 0.29) is 0 Å². The lowest BCUT2D eigenvalue weighted by Crippen LogP contribution is -2.18. The Labute approximate surface area is 135 Å². The van der Waals surface area contributed by atoms with Crippen LogP contribution in [-0.4, -0.2) is 32.2 Å². The van der Waals surface area contributed by atoms with Crippen molar-refractivity contribution in [1.29, 1.82) is 0 Å². The van der Waals surface area contributed by atoms with Crippen LogP contribution in [0, 0.1) is 13.8 Å². The van der Waals surface area contributed by atoms with Gasteiger partial charge in [-0.25, -0.2) is 14.6 Å². The van der Waals surface area contributed by atoms with Gasteiger partial charge in [0.2, 0.25) is 0 Å². The molecule has 0 unspecified atom stereocenters. The Bertz CT molecular complexity index is 764. The van der Waals surface area contributed by atoms with Crippen LogP contribution in [0.5, 0.6) is 0 Å². The van der Waals surface area contributed by atoms with Gasteiger partial charge in [-0.15, -0.1) is 0 Å². The molecule has 3 aromatic rings. The molecule has 0 fully saturated rings. The van der Waals surface area contributed by atoms with Gasteiger partial charge in [-0.05, 0) is 20.9 Å². The van der Waals surface area contributed by atoms with Crippen molar-refractivity contribution in [2.24, 2.45) is 0 Å². The topological polar surface area (TPSA) is 67.9 Å². The van der Waals surface area contributed by atoms with Crippen LogP contribution >= 0.6 is 0 Å². The van der Waals surface area contributed by atoms with Crippen LogP contribution in [0.2, 0.25) is 0 Å². The van der Waals surface area contributed by atoms with E-state index in [1.54, 1.807) is 0 Å². The lowest BCUT2D eigenvalue weighted by atomic mass is 10.1. The van der Waals surface area contributed by atoms with Crippen molar-refractivity contribution < 1.29 is 4.63 Å². The van der Waals surface area contributed by atoms with Crippen molar-refractivity contribution in [3.63, 3.8) is 0 Å². The molecule has 0 aliphatic rings. The lowest BCUT2D eigenvalue weighted by molar-refractivity contribution is 0.279. The first-order chi connectivity index (χ1) is 11.1. The Kier molecular flexibility index (Phi) is 4.43. The molecular formula is C17H19N5O. The molecule has 23 heavy (non-hydrogen) atoms. The minimum absolute atomic E-state index is 0.676. The zero-order valence-electron chi connectivity index (χ0n) is 13.5. The number of nitrogens with zero attached hydrogens (tertiary/aromatic N) is 5. The summed E-state index contributed by atoms with van der Waals surface area (Å²) in [6.45, 7) is 5.37. The second-order valence-corrected chi connectivity index (χ2v) is 5.75. The van der Waals surface area contributed by atoms with Crippen LogP contribution in [0.3, 0.4) is 0 Å². The van der Waals surface area contributed by atoms with Gasteiger partial charge in [0.15, 0.2) is 5.82 Å². The smallest absolute Gasteiger partial charge is 0.159 e. The molecule has 0 aliphatic carbocycles. The molecule has 0 aliphatic heterocycles. The number of aromatic nitrogens is 4. The van der Waals surface area contributed by atoms with Crippen molar-refractivity contribution in [1.82, 2.24) is 25.2 Å². The van der Waals surface area contributed by atoms with Crippen molar-refractivity contribution >= 4 is 0 Å². The average Bonchev–Trinajstić information content (AvgIpc) is 2.94. The number of benzene rings is 1. The molecule has 118 valence electrons.